The Morgan fingerprint density at radius 3 is 1.44 bits per heavy atom. The standard InChI is InChI=1S/C51H31N/c52-32-33-12-7-19-39(30-33)41-21-11-22-42-40(20-10-23-43(41)42)35-26-28-36(29-27-35)46-31-47(34-13-3-1-4-14-34)50-44-24-8-17-37-18-9-25-45(48(37)44)51(50)49(46)38-15-5-2-6-16-38/h1-31H. The van der Waals surface area contributed by atoms with Gasteiger partial charge in [0, 0.05) is 0 Å². The van der Waals surface area contributed by atoms with E-state index in [1.54, 1.807) is 0 Å². The third-order valence-electron chi connectivity index (χ3n) is 10.6. The van der Waals surface area contributed by atoms with Crippen LogP contribution in [-0.2, 0) is 0 Å². The number of fused-ring (bicyclic) bond motifs is 4. The van der Waals surface area contributed by atoms with Crippen LogP contribution in [0.15, 0.2) is 188 Å². The van der Waals surface area contributed by atoms with Crippen molar-refractivity contribution in [3.8, 4) is 84.0 Å². The molecule has 0 fully saturated rings. The van der Waals surface area contributed by atoms with Gasteiger partial charge in [-0.2, -0.15) is 5.26 Å². The van der Waals surface area contributed by atoms with E-state index < -0.39 is 0 Å². The zero-order valence-corrected chi connectivity index (χ0v) is 28.3. The molecule has 240 valence electrons. The first-order chi connectivity index (χ1) is 25.8. The van der Waals surface area contributed by atoms with Gasteiger partial charge >= 0.3 is 0 Å². The molecule has 1 aliphatic carbocycles. The van der Waals surface area contributed by atoms with Gasteiger partial charge in [-0.05, 0) is 118 Å². The van der Waals surface area contributed by atoms with Crippen LogP contribution in [0.3, 0.4) is 0 Å². The summed E-state index contributed by atoms with van der Waals surface area (Å²) >= 11 is 0. The average molecular weight is 658 g/mol. The van der Waals surface area contributed by atoms with E-state index in [0.29, 0.717) is 5.56 Å². The Bertz CT molecular complexity index is 2870. The van der Waals surface area contributed by atoms with Gasteiger partial charge < -0.3 is 0 Å². The molecule has 9 aromatic carbocycles. The third-order valence-corrected chi connectivity index (χ3v) is 10.6. The smallest absolute Gasteiger partial charge is 0.0991 e. The Morgan fingerprint density at radius 2 is 0.788 bits per heavy atom. The van der Waals surface area contributed by atoms with E-state index in [9.17, 15) is 5.26 Å². The number of benzene rings is 9. The van der Waals surface area contributed by atoms with Crippen LogP contribution in [0, 0.1) is 11.3 Å². The monoisotopic (exact) mass is 657 g/mol. The zero-order chi connectivity index (χ0) is 34.6. The van der Waals surface area contributed by atoms with Crippen LogP contribution < -0.4 is 0 Å². The average Bonchev–Trinajstić information content (AvgIpc) is 3.56. The molecule has 0 saturated carbocycles. The predicted octanol–water partition coefficient (Wildman–Crippen LogP) is 13.8. The predicted molar refractivity (Wildman–Crippen MR) is 218 cm³/mol. The van der Waals surface area contributed by atoms with E-state index in [4.69, 9.17) is 0 Å². The number of hydrogen-bond acceptors (Lipinski definition) is 1. The number of nitriles is 1. The second kappa shape index (κ2) is 12.1. The molecule has 0 amide bonds. The van der Waals surface area contributed by atoms with Gasteiger partial charge in [0.15, 0.2) is 0 Å². The minimum absolute atomic E-state index is 0.665. The molecule has 0 bridgehead atoms. The maximum Gasteiger partial charge on any atom is 0.0991 e. The molecular weight excluding hydrogens is 627 g/mol. The van der Waals surface area contributed by atoms with Crippen LogP contribution in [0.5, 0.6) is 0 Å². The summed E-state index contributed by atoms with van der Waals surface area (Å²) in [6.45, 7) is 0. The minimum Gasteiger partial charge on any atom is -0.192 e. The van der Waals surface area contributed by atoms with E-state index in [-0.39, 0.29) is 0 Å². The van der Waals surface area contributed by atoms with Gasteiger partial charge in [0.25, 0.3) is 0 Å². The zero-order valence-electron chi connectivity index (χ0n) is 28.3. The van der Waals surface area contributed by atoms with E-state index in [1.807, 2.05) is 18.2 Å². The van der Waals surface area contributed by atoms with Gasteiger partial charge in [-0.15, -0.1) is 0 Å². The fourth-order valence-corrected chi connectivity index (χ4v) is 8.37. The first-order valence-electron chi connectivity index (χ1n) is 17.7. The lowest BCUT2D eigenvalue weighted by molar-refractivity contribution is 1.48. The first kappa shape index (κ1) is 29.9. The van der Waals surface area contributed by atoms with E-state index in [0.717, 1.165) is 11.1 Å². The summed E-state index contributed by atoms with van der Waals surface area (Å²) in [5, 5.41) is 14.5. The van der Waals surface area contributed by atoms with Gasteiger partial charge in [0.2, 0.25) is 0 Å². The molecule has 0 aromatic heterocycles. The quantitative estimate of drug-likeness (QED) is 0.181. The van der Waals surface area contributed by atoms with E-state index in [1.165, 1.54) is 88.3 Å². The molecule has 0 unspecified atom stereocenters. The normalized spacial score (nSPS) is 11.4. The molecule has 0 heterocycles. The molecule has 1 aliphatic rings. The number of hydrogen-bond donors (Lipinski definition) is 0. The Morgan fingerprint density at radius 1 is 0.308 bits per heavy atom. The Balaban J connectivity index is 1.19. The largest absolute Gasteiger partial charge is 0.192 e. The van der Waals surface area contributed by atoms with Crippen LogP contribution in [0.25, 0.3) is 99.4 Å². The molecule has 0 saturated heterocycles. The Hall–Kier alpha value is -7.01. The van der Waals surface area contributed by atoms with Gasteiger partial charge in [0.05, 0.1) is 11.6 Å². The van der Waals surface area contributed by atoms with Gasteiger partial charge in [0.1, 0.15) is 0 Å². The van der Waals surface area contributed by atoms with Crippen molar-refractivity contribution in [2.24, 2.45) is 0 Å². The van der Waals surface area contributed by atoms with Crippen molar-refractivity contribution >= 4 is 21.5 Å². The molecular formula is C51H31N. The fourth-order valence-electron chi connectivity index (χ4n) is 8.37. The van der Waals surface area contributed by atoms with Crippen LogP contribution in [0.4, 0.5) is 0 Å². The van der Waals surface area contributed by atoms with Crippen molar-refractivity contribution in [3.05, 3.63) is 194 Å². The van der Waals surface area contributed by atoms with Crippen molar-refractivity contribution in [2.75, 3.05) is 0 Å². The SMILES string of the molecule is N#Cc1cccc(-c2cccc3c(-c4ccc(-c5cc(-c6ccccc6)c6c(c5-c5ccccc5)-c5cccc7cccc-6c57)cc4)cccc23)c1. The maximum atomic E-state index is 9.55. The van der Waals surface area contributed by atoms with Crippen LogP contribution in [-0.4, -0.2) is 0 Å². The van der Waals surface area contributed by atoms with E-state index >= 15 is 0 Å². The molecule has 0 radical (unpaired) electrons. The van der Waals surface area contributed by atoms with Gasteiger partial charge in [-0.3, -0.25) is 0 Å². The highest BCUT2D eigenvalue weighted by molar-refractivity contribution is 6.22. The lowest BCUT2D eigenvalue weighted by atomic mass is 9.82. The molecule has 1 heteroatoms. The highest BCUT2D eigenvalue weighted by Gasteiger charge is 2.30. The topological polar surface area (TPSA) is 23.8 Å². The molecule has 0 N–H and O–H groups in total. The second-order valence-corrected chi connectivity index (χ2v) is 13.5. The van der Waals surface area contributed by atoms with Gasteiger partial charge in [-0.25, -0.2) is 0 Å². The van der Waals surface area contributed by atoms with Gasteiger partial charge in [-0.1, -0.05) is 170 Å². The highest BCUT2D eigenvalue weighted by Crippen LogP contribution is 2.57. The van der Waals surface area contributed by atoms with Crippen molar-refractivity contribution in [1.82, 2.24) is 0 Å². The molecule has 0 atom stereocenters. The number of nitrogens with zero attached hydrogens (tertiary/aromatic N) is 1. The molecule has 9 aromatic rings. The third kappa shape index (κ3) is 4.70. The van der Waals surface area contributed by atoms with Crippen molar-refractivity contribution in [3.63, 3.8) is 0 Å². The molecule has 0 spiro atoms. The summed E-state index contributed by atoms with van der Waals surface area (Å²) in [4.78, 5) is 0. The lowest BCUT2D eigenvalue weighted by Gasteiger charge is -2.21. The van der Waals surface area contributed by atoms with E-state index in [2.05, 4.69) is 176 Å². The molecule has 1 nitrogen and oxygen atoms in total. The van der Waals surface area contributed by atoms with Crippen molar-refractivity contribution in [2.45, 2.75) is 0 Å². The summed E-state index contributed by atoms with van der Waals surface area (Å²) < 4.78 is 0. The number of rotatable bonds is 5. The second-order valence-electron chi connectivity index (χ2n) is 13.5. The molecule has 10 rings (SSSR count). The highest BCUT2D eigenvalue weighted by atomic mass is 14.3. The maximum absolute atomic E-state index is 9.55. The molecule has 0 aliphatic heterocycles. The summed E-state index contributed by atoms with van der Waals surface area (Å²) in [5.74, 6) is 0. The van der Waals surface area contributed by atoms with Crippen LogP contribution >= 0.6 is 0 Å². The minimum atomic E-state index is 0.665. The first-order valence-corrected chi connectivity index (χ1v) is 17.7. The van der Waals surface area contributed by atoms with Crippen molar-refractivity contribution in [1.29, 1.82) is 5.26 Å². The summed E-state index contributed by atoms with van der Waals surface area (Å²) in [5.41, 5.74) is 17.8. The Kier molecular flexibility index (Phi) is 6.95. The fraction of sp³-hybridized carbons (Fsp3) is 0. The van der Waals surface area contributed by atoms with Crippen LogP contribution in [0.2, 0.25) is 0 Å². The van der Waals surface area contributed by atoms with Crippen molar-refractivity contribution < 1.29 is 0 Å². The Labute approximate surface area is 303 Å². The summed E-state index contributed by atoms with van der Waals surface area (Å²) in [6, 6.07) is 69.9. The summed E-state index contributed by atoms with van der Waals surface area (Å²) in [6.07, 6.45) is 0. The van der Waals surface area contributed by atoms with Crippen LogP contribution in [0.1, 0.15) is 5.56 Å². The summed E-state index contributed by atoms with van der Waals surface area (Å²) in [7, 11) is 0. The molecule has 52 heavy (non-hydrogen) atoms. The lowest BCUT2D eigenvalue weighted by Crippen LogP contribution is -1.94.